The van der Waals surface area contributed by atoms with Gasteiger partial charge in [0.05, 0.1) is 39.3 Å². The lowest BCUT2D eigenvalue weighted by Crippen LogP contribution is -3.16. The molecule has 0 spiro atoms. The summed E-state index contributed by atoms with van der Waals surface area (Å²) in [5.74, 6) is 0.227. The lowest BCUT2D eigenvalue weighted by molar-refractivity contribution is -0.918. The molecule has 0 atom stereocenters. The minimum Gasteiger partial charge on any atom is -0.360 e. The van der Waals surface area contributed by atoms with Crippen molar-refractivity contribution in [2.24, 2.45) is 0 Å². The number of para-hydroxylation sites is 1. The van der Waals surface area contributed by atoms with Crippen molar-refractivity contribution in [2.75, 3.05) is 50.7 Å². The second-order valence-electron chi connectivity index (χ2n) is 8.50. The number of carbonyl (C=O) groups is 1. The molecule has 0 bridgehead atoms. The van der Waals surface area contributed by atoms with Gasteiger partial charge in [-0.05, 0) is 12.1 Å². The van der Waals surface area contributed by atoms with Crippen LogP contribution >= 0.6 is 0 Å². The van der Waals surface area contributed by atoms with Crippen LogP contribution in [-0.2, 0) is 11.3 Å². The van der Waals surface area contributed by atoms with E-state index in [1.165, 1.54) is 16.2 Å². The number of likely N-dealkylation sites (tertiary alicyclic amines) is 1. The van der Waals surface area contributed by atoms with Gasteiger partial charge in [-0.3, -0.25) is 4.79 Å². The highest BCUT2D eigenvalue weighted by molar-refractivity contribution is 5.77. The van der Waals surface area contributed by atoms with E-state index in [0.717, 1.165) is 58.7 Å². The molecule has 2 heterocycles. The second kappa shape index (κ2) is 9.90. The van der Waals surface area contributed by atoms with E-state index in [1.54, 1.807) is 4.90 Å². The highest BCUT2D eigenvalue weighted by Gasteiger charge is 2.26. The molecule has 1 amide bonds. The van der Waals surface area contributed by atoms with Gasteiger partial charge in [-0.15, -0.1) is 0 Å². The van der Waals surface area contributed by atoms with E-state index in [-0.39, 0.29) is 5.91 Å². The van der Waals surface area contributed by atoms with Crippen LogP contribution in [0.1, 0.15) is 18.4 Å². The average molecular weight is 395 g/mol. The number of nitrogens with zero attached hydrogens (tertiary/aromatic N) is 1. The Hall–Kier alpha value is -2.37. The summed E-state index contributed by atoms with van der Waals surface area (Å²) in [4.78, 5) is 18.0. The first-order chi connectivity index (χ1) is 14.3. The van der Waals surface area contributed by atoms with Gasteiger partial charge >= 0.3 is 0 Å². The summed E-state index contributed by atoms with van der Waals surface area (Å²) in [6, 6.07) is 21.7. The van der Waals surface area contributed by atoms with Crippen LogP contribution in [-0.4, -0.2) is 57.8 Å². The van der Waals surface area contributed by atoms with Gasteiger partial charge in [0.25, 0.3) is 5.91 Å². The zero-order valence-corrected chi connectivity index (χ0v) is 17.3. The minimum absolute atomic E-state index is 0.227. The maximum absolute atomic E-state index is 12.6. The number of carbonyl (C=O) groups excluding carboxylic acids is 1. The van der Waals surface area contributed by atoms with Crippen LogP contribution < -0.4 is 20.0 Å². The van der Waals surface area contributed by atoms with Gasteiger partial charge in [0.2, 0.25) is 0 Å². The monoisotopic (exact) mass is 394 g/mol. The van der Waals surface area contributed by atoms with E-state index in [2.05, 4.69) is 70.9 Å². The Balaban J connectivity index is 1.15. The van der Waals surface area contributed by atoms with Gasteiger partial charge in [-0.2, -0.15) is 0 Å². The maximum atomic E-state index is 12.6. The molecule has 2 saturated heterocycles. The largest absolute Gasteiger partial charge is 0.360 e. The van der Waals surface area contributed by atoms with Gasteiger partial charge in [-0.1, -0.05) is 48.5 Å². The molecule has 5 heteroatoms. The number of benzene rings is 2. The van der Waals surface area contributed by atoms with Gasteiger partial charge < -0.3 is 20.0 Å². The Morgan fingerprint density at radius 2 is 1.48 bits per heavy atom. The number of hydrogen-bond donors (Lipinski definition) is 3. The van der Waals surface area contributed by atoms with Crippen LogP contribution in [0.15, 0.2) is 60.7 Å². The zero-order chi connectivity index (χ0) is 19.9. The standard InChI is InChI=1S/C24H32N4O/c29-24(20-27-15-17-28(18-16-27)23-9-5-2-6-10-23)25-22-11-13-26(14-12-22)19-21-7-3-1-4-8-21/h1-10,22H,11-20H2,(H,25,29)/p+2. The number of quaternary nitrogens is 2. The normalized spacial score (nSPS) is 23.0. The molecule has 2 aromatic rings. The third-order valence-electron chi connectivity index (χ3n) is 6.36. The molecule has 3 N–H and O–H groups in total. The number of amides is 1. The van der Waals surface area contributed by atoms with E-state index in [1.807, 2.05) is 0 Å². The Kier molecular flexibility index (Phi) is 6.80. The van der Waals surface area contributed by atoms with E-state index >= 15 is 0 Å². The Morgan fingerprint density at radius 3 is 2.14 bits per heavy atom. The third-order valence-corrected chi connectivity index (χ3v) is 6.36. The molecule has 4 rings (SSSR count). The summed E-state index contributed by atoms with van der Waals surface area (Å²) in [7, 11) is 0. The van der Waals surface area contributed by atoms with Crippen LogP contribution in [0.5, 0.6) is 0 Å². The van der Waals surface area contributed by atoms with Crippen LogP contribution in [0.4, 0.5) is 5.69 Å². The third kappa shape index (κ3) is 5.81. The molecule has 0 aromatic heterocycles. The molecule has 2 aliphatic heterocycles. The summed E-state index contributed by atoms with van der Waals surface area (Å²) >= 11 is 0. The molecule has 2 aliphatic rings. The molecule has 154 valence electrons. The zero-order valence-electron chi connectivity index (χ0n) is 17.3. The Labute approximate surface area is 174 Å². The SMILES string of the molecule is O=C(C[NH+]1CCN(c2ccccc2)CC1)NC1CC[NH+](Cc2ccccc2)CC1. The van der Waals surface area contributed by atoms with E-state index < -0.39 is 0 Å². The van der Waals surface area contributed by atoms with Crippen LogP contribution in [0.25, 0.3) is 0 Å². The first-order valence-electron chi connectivity index (χ1n) is 11.1. The fourth-order valence-corrected chi connectivity index (χ4v) is 4.63. The van der Waals surface area contributed by atoms with Gasteiger partial charge in [0.1, 0.15) is 6.54 Å². The van der Waals surface area contributed by atoms with E-state index in [0.29, 0.717) is 12.6 Å². The average Bonchev–Trinajstić information content (AvgIpc) is 2.77. The summed E-state index contributed by atoms with van der Waals surface area (Å²) < 4.78 is 0. The van der Waals surface area contributed by atoms with Gasteiger partial charge in [0.15, 0.2) is 6.54 Å². The molecular weight excluding hydrogens is 360 g/mol. The highest BCUT2D eigenvalue weighted by Crippen LogP contribution is 2.12. The predicted octanol–water partition coefficient (Wildman–Crippen LogP) is -0.245. The van der Waals surface area contributed by atoms with E-state index in [4.69, 9.17) is 0 Å². The fourth-order valence-electron chi connectivity index (χ4n) is 4.63. The van der Waals surface area contributed by atoms with Crippen molar-refractivity contribution < 1.29 is 14.6 Å². The fraction of sp³-hybridized carbons (Fsp3) is 0.458. The maximum Gasteiger partial charge on any atom is 0.275 e. The topological polar surface area (TPSA) is 41.2 Å². The predicted molar refractivity (Wildman–Crippen MR) is 116 cm³/mol. The quantitative estimate of drug-likeness (QED) is 0.633. The van der Waals surface area contributed by atoms with Gasteiger partial charge in [0, 0.05) is 30.1 Å². The summed E-state index contributed by atoms with van der Waals surface area (Å²) in [5.41, 5.74) is 2.70. The number of piperidine rings is 1. The van der Waals surface area contributed by atoms with Crippen LogP contribution in [0.3, 0.4) is 0 Å². The number of piperazine rings is 1. The molecule has 0 aliphatic carbocycles. The molecule has 0 saturated carbocycles. The Bertz CT molecular complexity index is 751. The smallest absolute Gasteiger partial charge is 0.275 e. The summed E-state index contributed by atoms with van der Waals surface area (Å²) in [6.45, 7) is 8.09. The highest BCUT2D eigenvalue weighted by atomic mass is 16.2. The molecular formula is C24H34N4O+2. The molecule has 0 unspecified atom stereocenters. The lowest BCUT2D eigenvalue weighted by Gasteiger charge is -2.34. The van der Waals surface area contributed by atoms with Crippen molar-refractivity contribution in [3.8, 4) is 0 Å². The summed E-state index contributed by atoms with van der Waals surface area (Å²) in [6.07, 6.45) is 2.18. The first-order valence-corrected chi connectivity index (χ1v) is 11.1. The molecule has 29 heavy (non-hydrogen) atoms. The van der Waals surface area contributed by atoms with Crippen molar-refractivity contribution in [1.82, 2.24) is 5.32 Å². The van der Waals surface area contributed by atoms with Crippen molar-refractivity contribution in [3.63, 3.8) is 0 Å². The number of hydrogen-bond acceptors (Lipinski definition) is 2. The number of rotatable bonds is 6. The summed E-state index contributed by atoms with van der Waals surface area (Å²) in [5, 5.41) is 3.31. The van der Waals surface area contributed by atoms with Crippen molar-refractivity contribution in [1.29, 1.82) is 0 Å². The van der Waals surface area contributed by atoms with Crippen LogP contribution in [0.2, 0.25) is 0 Å². The van der Waals surface area contributed by atoms with Crippen molar-refractivity contribution >= 4 is 11.6 Å². The first kappa shape index (κ1) is 19.9. The molecule has 2 aromatic carbocycles. The Morgan fingerprint density at radius 1 is 0.862 bits per heavy atom. The number of anilines is 1. The second-order valence-corrected chi connectivity index (χ2v) is 8.50. The van der Waals surface area contributed by atoms with Crippen LogP contribution in [0, 0.1) is 0 Å². The van der Waals surface area contributed by atoms with Crippen molar-refractivity contribution in [3.05, 3.63) is 66.2 Å². The molecule has 0 radical (unpaired) electrons. The van der Waals surface area contributed by atoms with E-state index in [9.17, 15) is 4.79 Å². The minimum atomic E-state index is 0.227. The van der Waals surface area contributed by atoms with Gasteiger partial charge in [-0.25, -0.2) is 0 Å². The molecule has 2 fully saturated rings. The molecule has 5 nitrogen and oxygen atoms in total. The lowest BCUT2D eigenvalue weighted by atomic mass is 10.0. The van der Waals surface area contributed by atoms with Crippen molar-refractivity contribution in [2.45, 2.75) is 25.4 Å². The number of nitrogens with one attached hydrogen (secondary N) is 3.